The summed E-state index contributed by atoms with van der Waals surface area (Å²) in [7, 11) is 3.00. The third-order valence-corrected chi connectivity index (χ3v) is 3.29. The molecule has 0 aliphatic heterocycles. The zero-order chi connectivity index (χ0) is 17.4. The van der Waals surface area contributed by atoms with Crippen LogP contribution in [-0.2, 0) is 0 Å². The van der Waals surface area contributed by atoms with Crippen molar-refractivity contribution in [2.75, 3.05) is 27.4 Å². The standard InChI is InChI=1S/C18H18O6/c1-21-15-7-3-5-13(11-19)17(15)23-9-10-24-18-14(12-20)6-4-8-16(18)22-2/h3-8,11-12H,9-10H2,1-2H3. The Hall–Kier alpha value is -3.02. The minimum absolute atomic E-state index is 0.164. The van der Waals surface area contributed by atoms with Gasteiger partial charge in [-0.05, 0) is 24.3 Å². The van der Waals surface area contributed by atoms with E-state index in [0.29, 0.717) is 46.7 Å². The lowest BCUT2D eigenvalue weighted by Crippen LogP contribution is -2.12. The second kappa shape index (κ2) is 8.57. The number of carbonyl (C=O) groups excluding carboxylic acids is 2. The zero-order valence-corrected chi connectivity index (χ0v) is 13.5. The molecule has 0 spiro atoms. The molecule has 0 unspecified atom stereocenters. The minimum Gasteiger partial charge on any atom is -0.493 e. The van der Waals surface area contributed by atoms with E-state index in [1.54, 1.807) is 36.4 Å². The SMILES string of the molecule is COc1cccc(C=O)c1OCCOc1c(C=O)cccc1OC. The summed E-state index contributed by atoms with van der Waals surface area (Å²) in [6.07, 6.45) is 1.40. The summed E-state index contributed by atoms with van der Waals surface area (Å²) in [4.78, 5) is 22.2. The van der Waals surface area contributed by atoms with Gasteiger partial charge in [0.1, 0.15) is 13.2 Å². The lowest BCUT2D eigenvalue weighted by Gasteiger charge is -2.15. The first-order valence-corrected chi connectivity index (χ1v) is 7.25. The van der Waals surface area contributed by atoms with Gasteiger partial charge in [-0.2, -0.15) is 0 Å². The molecule has 24 heavy (non-hydrogen) atoms. The van der Waals surface area contributed by atoms with Gasteiger partial charge in [0.15, 0.2) is 35.6 Å². The highest BCUT2D eigenvalue weighted by Crippen LogP contribution is 2.31. The molecule has 0 heterocycles. The second-order valence-electron chi connectivity index (χ2n) is 4.69. The van der Waals surface area contributed by atoms with E-state index in [1.807, 2.05) is 0 Å². The van der Waals surface area contributed by atoms with Gasteiger partial charge in [0.2, 0.25) is 0 Å². The molecule has 2 aromatic rings. The van der Waals surface area contributed by atoms with Gasteiger partial charge in [-0.15, -0.1) is 0 Å². The van der Waals surface area contributed by atoms with Crippen molar-refractivity contribution in [3.8, 4) is 23.0 Å². The Kier molecular flexibility index (Phi) is 6.19. The minimum atomic E-state index is 0.164. The Balaban J connectivity index is 2.04. The summed E-state index contributed by atoms with van der Waals surface area (Å²) in [6.45, 7) is 0.328. The number of methoxy groups -OCH3 is 2. The maximum Gasteiger partial charge on any atom is 0.171 e. The number of hydrogen-bond acceptors (Lipinski definition) is 6. The van der Waals surface area contributed by atoms with Gasteiger partial charge in [0, 0.05) is 0 Å². The van der Waals surface area contributed by atoms with E-state index in [0.717, 1.165) is 0 Å². The van der Waals surface area contributed by atoms with E-state index in [1.165, 1.54) is 14.2 Å². The number of benzene rings is 2. The Labute approximate surface area is 139 Å². The van der Waals surface area contributed by atoms with Gasteiger partial charge >= 0.3 is 0 Å². The summed E-state index contributed by atoms with van der Waals surface area (Å²) in [5.74, 6) is 1.64. The van der Waals surface area contributed by atoms with Crippen LogP contribution >= 0.6 is 0 Å². The topological polar surface area (TPSA) is 71.1 Å². The number of carbonyl (C=O) groups is 2. The smallest absolute Gasteiger partial charge is 0.171 e. The molecule has 6 nitrogen and oxygen atoms in total. The molecule has 126 valence electrons. The van der Waals surface area contributed by atoms with Crippen LogP contribution in [0.1, 0.15) is 20.7 Å². The van der Waals surface area contributed by atoms with E-state index < -0.39 is 0 Å². The molecule has 0 aromatic heterocycles. The molecular formula is C18H18O6. The van der Waals surface area contributed by atoms with Crippen LogP contribution in [0.5, 0.6) is 23.0 Å². The largest absolute Gasteiger partial charge is 0.493 e. The van der Waals surface area contributed by atoms with Crippen LogP contribution < -0.4 is 18.9 Å². The Morgan fingerprint density at radius 1 is 0.750 bits per heavy atom. The van der Waals surface area contributed by atoms with Gasteiger partial charge in [0.25, 0.3) is 0 Å². The number of rotatable bonds is 9. The van der Waals surface area contributed by atoms with E-state index in [4.69, 9.17) is 18.9 Å². The molecule has 0 aliphatic rings. The van der Waals surface area contributed by atoms with Crippen LogP contribution in [0.4, 0.5) is 0 Å². The summed E-state index contributed by atoms with van der Waals surface area (Å²) >= 11 is 0. The number of aldehydes is 2. The highest BCUT2D eigenvalue weighted by atomic mass is 16.5. The van der Waals surface area contributed by atoms with E-state index in [9.17, 15) is 9.59 Å². The van der Waals surface area contributed by atoms with E-state index >= 15 is 0 Å². The van der Waals surface area contributed by atoms with Crippen molar-refractivity contribution < 1.29 is 28.5 Å². The molecule has 0 saturated carbocycles. The van der Waals surface area contributed by atoms with Crippen molar-refractivity contribution >= 4 is 12.6 Å². The first-order valence-electron chi connectivity index (χ1n) is 7.25. The third kappa shape index (κ3) is 3.84. The van der Waals surface area contributed by atoms with Crippen LogP contribution in [0.15, 0.2) is 36.4 Å². The van der Waals surface area contributed by atoms with Gasteiger partial charge in [-0.25, -0.2) is 0 Å². The molecule has 2 aromatic carbocycles. The van der Waals surface area contributed by atoms with Crippen LogP contribution in [0.3, 0.4) is 0 Å². The van der Waals surface area contributed by atoms with Crippen LogP contribution in [-0.4, -0.2) is 40.0 Å². The first-order chi connectivity index (χ1) is 11.7. The molecule has 6 heteroatoms. The normalized spacial score (nSPS) is 9.92. The van der Waals surface area contributed by atoms with Crippen molar-refractivity contribution in [3.63, 3.8) is 0 Å². The fourth-order valence-corrected chi connectivity index (χ4v) is 2.17. The van der Waals surface area contributed by atoms with Gasteiger partial charge in [-0.3, -0.25) is 9.59 Å². The Bertz CT molecular complexity index is 649. The summed E-state index contributed by atoms with van der Waals surface area (Å²) in [5.41, 5.74) is 0.778. The van der Waals surface area contributed by atoms with Crippen molar-refractivity contribution in [1.82, 2.24) is 0 Å². The van der Waals surface area contributed by atoms with E-state index in [2.05, 4.69) is 0 Å². The van der Waals surface area contributed by atoms with Gasteiger partial charge < -0.3 is 18.9 Å². The molecule has 0 bridgehead atoms. The molecule has 0 N–H and O–H groups in total. The average molecular weight is 330 g/mol. The van der Waals surface area contributed by atoms with E-state index in [-0.39, 0.29) is 13.2 Å². The zero-order valence-electron chi connectivity index (χ0n) is 13.5. The summed E-state index contributed by atoms with van der Waals surface area (Å²) in [5, 5.41) is 0. The van der Waals surface area contributed by atoms with Gasteiger partial charge in [0.05, 0.1) is 25.3 Å². The second-order valence-corrected chi connectivity index (χ2v) is 4.69. The predicted molar refractivity (Wildman–Crippen MR) is 87.8 cm³/mol. The van der Waals surface area contributed by atoms with Crippen molar-refractivity contribution in [1.29, 1.82) is 0 Å². The maximum absolute atomic E-state index is 11.1. The monoisotopic (exact) mass is 330 g/mol. The van der Waals surface area contributed by atoms with Crippen molar-refractivity contribution in [2.45, 2.75) is 0 Å². The third-order valence-electron chi connectivity index (χ3n) is 3.29. The fraction of sp³-hybridized carbons (Fsp3) is 0.222. The number of hydrogen-bond donors (Lipinski definition) is 0. The predicted octanol–water partition coefficient (Wildman–Crippen LogP) is 2.79. The highest BCUT2D eigenvalue weighted by Gasteiger charge is 2.12. The quantitative estimate of drug-likeness (QED) is 0.520. The van der Waals surface area contributed by atoms with Crippen LogP contribution in [0.2, 0.25) is 0 Å². The Morgan fingerprint density at radius 2 is 1.17 bits per heavy atom. The molecule has 0 fully saturated rings. The van der Waals surface area contributed by atoms with Gasteiger partial charge in [-0.1, -0.05) is 12.1 Å². The highest BCUT2D eigenvalue weighted by molar-refractivity contribution is 5.81. The first kappa shape index (κ1) is 17.3. The lowest BCUT2D eigenvalue weighted by atomic mass is 10.2. The molecular weight excluding hydrogens is 312 g/mol. The molecule has 0 amide bonds. The average Bonchev–Trinajstić information content (AvgIpc) is 2.64. The Morgan fingerprint density at radius 3 is 1.50 bits per heavy atom. The molecule has 0 atom stereocenters. The van der Waals surface area contributed by atoms with Crippen molar-refractivity contribution in [2.24, 2.45) is 0 Å². The van der Waals surface area contributed by atoms with Crippen LogP contribution in [0, 0.1) is 0 Å². The molecule has 2 rings (SSSR count). The fourth-order valence-electron chi connectivity index (χ4n) is 2.17. The molecule has 0 saturated heterocycles. The summed E-state index contributed by atoms with van der Waals surface area (Å²) < 4.78 is 21.6. The number of para-hydroxylation sites is 2. The number of ether oxygens (including phenoxy) is 4. The maximum atomic E-state index is 11.1. The molecule has 0 aliphatic carbocycles. The summed E-state index contributed by atoms with van der Waals surface area (Å²) in [6, 6.07) is 10.1. The molecule has 0 radical (unpaired) electrons. The van der Waals surface area contributed by atoms with Crippen molar-refractivity contribution in [3.05, 3.63) is 47.5 Å². The lowest BCUT2D eigenvalue weighted by molar-refractivity contribution is 0.110. The van der Waals surface area contributed by atoms with Crippen LogP contribution in [0.25, 0.3) is 0 Å².